The monoisotopic (exact) mass is 198 g/mol. The van der Waals surface area contributed by atoms with Crippen molar-refractivity contribution in [3.63, 3.8) is 0 Å². The summed E-state index contributed by atoms with van der Waals surface area (Å²) in [5, 5.41) is 0. The van der Waals surface area contributed by atoms with Gasteiger partial charge in [0.05, 0.1) is 0 Å². The Hall–Kier alpha value is -0.370. The third-order valence-corrected chi connectivity index (χ3v) is 1.82. The molecule has 0 bridgehead atoms. The van der Waals surface area contributed by atoms with Crippen molar-refractivity contribution in [2.45, 2.75) is 13.3 Å². The van der Waals surface area contributed by atoms with Gasteiger partial charge in [0.25, 0.3) is 0 Å². The summed E-state index contributed by atoms with van der Waals surface area (Å²) in [6.07, 6.45) is 2.56. The van der Waals surface area contributed by atoms with Crippen LogP contribution in [0.25, 0.3) is 0 Å². The number of aryl methyl sites for hydroxylation is 1. The Bertz CT molecular complexity index is 233. The Morgan fingerprint density at radius 1 is 1.70 bits per heavy atom. The van der Waals surface area contributed by atoms with Crippen molar-refractivity contribution < 1.29 is 0 Å². The van der Waals surface area contributed by atoms with E-state index in [4.69, 9.17) is 0 Å². The van der Waals surface area contributed by atoms with Crippen LogP contribution in [-0.4, -0.2) is 4.98 Å². The summed E-state index contributed by atoms with van der Waals surface area (Å²) >= 11 is 3.34. The zero-order chi connectivity index (χ0) is 7.56. The number of hydrogen-bond donors (Lipinski definition) is 0. The van der Waals surface area contributed by atoms with E-state index in [0.717, 1.165) is 16.6 Å². The third kappa shape index (κ3) is 1.57. The minimum Gasteiger partial charge on any atom is -0.260 e. The van der Waals surface area contributed by atoms with Gasteiger partial charge in [-0.05, 0) is 47.8 Å². The fourth-order valence-corrected chi connectivity index (χ4v) is 1.28. The van der Waals surface area contributed by atoms with Gasteiger partial charge in [0.2, 0.25) is 0 Å². The molecular formula is C8H9BrN. The van der Waals surface area contributed by atoms with Crippen LogP contribution in [0.4, 0.5) is 0 Å². The van der Waals surface area contributed by atoms with Crippen LogP contribution in [0.5, 0.6) is 0 Å². The van der Waals surface area contributed by atoms with Crippen LogP contribution in [0.3, 0.4) is 0 Å². The molecule has 0 fully saturated rings. The predicted molar refractivity (Wildman–Crippen MR) is 45.7 cm³/mol. The first-order valence-corrected chi connectivity index (χ1v) is 3.93. The number of hydrogen-bond acceptors (Lipinski definition) is 1. The minimum atomic E-state index is 0.763. The fraction of sp³-hybridized carbons (Fsp3) is 0.250. The summed E-state index contributed by atoms with van der Waals surface area (Å²) in [6, 6.07) is 2.05. The van der Waals surface area contributed by atoms with Gasteiger partial charge < -0.3 is 0 Å². The van der Waals surface area contributed by atoms with Gasteiger partial charge in [-0.15, -0.1) is 0 Å². The quantitative estimate of drug-likeness (QED) is 0.677. The predicted octanol–water partition coefficient (Wildman–Crippen LogP) is 2.53. The standard InChI is InChI=1S/C8H9BrN/c1-3-8-6(2)4-7(9)5-10-8/h4-5H,1,3H2,2H3. The number of nitrogens with zero attached hydrogens (tertiary/aromatic N) is 1. The molecule has 1 rings (SSSR count). The van der Waals surface area contributed by atoms with Crippen LogP contribution in [-0.2, 0) is 6.42 Å². The Kier molecular flexibility index (Phi) is 2.44. The van der Waals surface area contributed by atoms with Crippen molar-refractivity contribution in [3.05, 3.63) is 34.9 Å². The lowest BCUT2D eigenvalue weighted by molar-refractivity contribution is 1.06. The number of rotatable bonds is 1. The summed E-state index contributed by atoms with van der Waals surface area (Å²) in [7, 11) is 0. The summed E-state index contributed by atoms with van der Waals surface area (Å²) in [6.45, 7) is 5.81. The van der Waals surface area contributed by atoms with Gasteiger partial charge in [-0.2, -0.15) is 0 Å². The molecule has 0 aromatic carbocycles. The highest BCUT2D eigenvalue weighted by atomic mass is 79.9. The molecule has 0 aliphatic heterocycles. The molecule has 2 heteroatoms. The van der Waals surface area contributed by atoms with E-state index in [9.17, 15) is 0 Å². The lowest BCUT2D eigenvalue weighted by atomic mass is 10.2. The second kappa shape index (κ2) is 3.15. The molecule has 0 N–H and O–H groups in total. The topological polar surface area (TPSA) is 12.9 Å². The minimum absolute atomic E-state index is 0.763. The second-order valence-corrected chi connectivity index (χ2v) is 3.08. The second-order valence-electron chi connectivity index (χ2n) is 2.17. The Balaban J connectivity index is 3.07. The molecular weight excluding hydrogens is 190 g/mol. The average molecular weight is 199 g/mol. The molecule has 0 aliphatic carbocycles. The zero-order valence-electron chi connectivity index (χ0n) is 5.89. The van der Waals surface area contributed by atoms with Crippen molar-refractivity contribution in [1.82, 2.24) is 4.98 Å². The van der Waals surface area contributed by atoms with Gasteiger partial charge in [-0.3, -0.25) is 4.98 Å². The molecule has 10 heavy (non-hydrogen) atoms. The molecule has 0 amide bonds. The Morgan fingerprint density at radius 3 is 2.90 bits per heavy atom. The first-order valence-electron chi connectivity index (χ1n) is 3.14. The van der Waals surface area contributed by atoms with Gasteiger partial charge in [0.1, 0.15) is 0 Å². The highest BCUT2D eigenvalue weighted by Crippen LogP contribution is 2.12. The Morgan fingerprint density at radius 2 is 2.40 bits per heavy atom. The molecule has 1 aromatic heterocycles. The van der Waals surface area contributed by atoms with Crippen molar-refractivity contribution in [1.29, 1.82) is 0 Å². The molecule has 0 saturated heterocycles. The maximum atomic E-state index is 4.19. The van der Waals surface area contributed by atoms with Gasteiger partial charge >= 0.3 is 0 Å². The maximum Gasteiger partial charge on any atom is 0.0433 e. The smallest absolute Gasteiger partial charge is 0.0433 e. The summed E-state index contributed by atoms with van der Waals surface area (Å²) in [5.74, 6) is 0. The van der Waals surface area contributed by atoms with E-state index in [1.807, 2.05) is 13.0 Å². The van der Waals surface area contributed by atoms with E-state index in [1.54, 1.807) is 6.20 Å². The number of pyridine rings is 1. The highest BCUT2D eigenvalue weighted by Gasteiger charge is 1.95. The van der Waals surface area contributed by atoms with Crippen molar-refractivity contribution in [2.24, 2.45) is 0 Å². The molecule has 0 atom stereocenters. The van der Waals surface area contributed by atoms with E-state index < -0.39 is 0 Å². The SMILES string of the molecule is [CH2]Cc1ncc(Br)cc1C. The fourth-order valence-electron chi connectivity index (χ4n) is 0.831. The van der Waals surface area contributed by atoms with E-state index in [1.165, 1.54) is 5.56 Å². The summed E-state index contributed by atoms with van der Waals surface area (Å²) in [4.78, 5) is 4.19. The van der Waals surface area contributed by atoms with Crippen molar-refractivity contribution in [3.8, 4) is 0 Å². The molecule has 1 heterocycles. The van der Waals surface area contributed by atoms with Gasteiger partial charge in [-0.1, -0.05) is 0 Å². The van der Waals surface area contributed by atoms with Gasteiger partial charge in [0.15, 0.2) is 0 Å². The number of halogens is 1. The highest BCUT2D eigenvalue weighted by molar-refractivity contribution is 9.10. The molecule has 0 spiro atoms. The van der Waals surface area contributed by atoms with Crippen LogP contribution >= 0.6 is 15.9 Å². The van der Waals surface area contributed by atoms with Crippen LogP contribution in [0.1, 0.15) is 11.3 Å². The van der Waals surface area contributed by atoms with Crippen LogP contribution in [0.15, 0.2) is 16.7 Å². The molecule has 53 valence electrons. The van der Waals surface area contributed by atoms with Gasteiger partial charge in [0, 0.05) is 16.4 Å². The molecule has 1 nitrogen and oxygen atoms in total. The lowest BCUT2D eigenvalue weighted by Gasteiger charge is -1.99. The lowest BCUT2D eigenvalue weighted by Crippen LogP contribution is -1.90. The first-order chi connectivity index (χ1) is 4.74. The normalized spacial score (nSPS) is 9.90. The van der Waals surface area contributed by atoms with E-state index in [2.05, 4.69) is 27.8 Å². The van der Waals surface area contributed by atoms with Gasteiger partial charge in [-0.25, -0.2) is 0 Å². The molecule has 1 aromatic rings. The first kappa shape index (κ1) is 7.73. The van der Waals surface area contributed by atoms with Crippen LogP contribution < -0.4 is 0 Å². The van der Waals surface area contributed by atoms with E-state index in [-0.39, 0.29) is 0 Å². The summed E-state index contributed by atoms with van der Waals surface area (Å²) in [5.41, 5.74) is 2.27. The number of aromatic nitrogens is 1. The van der Waals surface area contributed by atoms with E-state index >= 15 is 0 Å². The Labute approximate surface area is 69.6 Å². The molecule has 1 radical (unpaired) electrons. The van der Waals surface area contributed by atoms with E-state index in [0.29, 0.717) is 0 Å². The van der Waals surface area contributed by atoms with Crippen molar-refractivity contribution >= 4 is 15.9 Å². The van der Waals surface area contributed by atoms with Crippen molar-refractivity contribution in [2.75, 3.05) is 0 Å². The largest absolute Gasteiger partial charge is 0.260 e. The van der Waals surface area contributed by atoms with Crippen LogP contribution in [0.2, 0.25) is 0 Å². The maximum absolute atomic E-state index is 4.19. The average Bonchev–Trinajstić information content (AvgIpc) is 1.88. The molecule has 0 unspecified atom stereocenters. The molecule has 0 aliphatic rings. The summed E-state index contributed by atoms with van der Waals surface area (Å²) < 4.78 is 1.03. The molecule has 0 saturated carbocycles. The zero-order valence-corrected chi connectivity index (χ0v) is 7.48. The van der Waals surface area contributed by atoms with Crippen LogP contribution in [0, 0.1) is 13.8 Å². The third-order valence-electron chi connectivity index (χ3n) is 1.39.